The SMILES string of the molecule is CC1(C)[C@H]2CC[C@@H](CCN3[C@@H]4CCC[C@H]3CC(n3c(=O)c(-c5cccc(=O)[nH]5)nc5ccccc53)C4)[C@H]1C2. The number of pyridine rings is 1. The lowest BCUT2D eigenvalue weighted by molar-refractivity contribution is -0.111. The Morgan fingerprint density at radius 2 is 1.71 bits per heavy atom. The summed E-state index contributed by atoms with van der Waals surface area (Å²) in [7, 11) is 0. The number of aromatic nitrogens is 3. The predicted octanol–water partition coefficient (Wildman–Crippen LogP) is 5.77. The minimum Gasteiger partial charge on any atom is -0.320 e. The van der Waals surface area contributed by atoms with E-state index in [0.717, 1.165) is 41.6 Å². The molecule has 2 aromatic heterocycles. The molecular weight excluding hydrogens is 472 g/mol. The summed E-state index contributed by atoms with van der Waals surface area (Å²) in [6.45, 7) is 6.23. The topological polar surface area (TPSA) is 71.0 Å². The second-order valence-corrected chi connectivity index (χ2v) is 13.1. The number of nitrogens with one attached hydrogen (secondary N) is 1. The highest BCUT2D eigenvalue weighted by Gasteiger charge is 2.54. The van der Waals surface area contributed by atoms with Crippen molar-refractivity contribution in [3.05, 3.63) is 63.2 Å². The molecule has 6 nitrogen and oxygen atoms in total. The fraction of sp³-hybridized carbons (Fsp3) is 0.594. The molecule has 2 saturated heterocycles. The number of piperidine rings is 2. The number of hydrogen-bond donors (Lipinski definition) is 1. The number of rotatable bonds is 5. The zero-order chi connectivity index (χ0) is 26.0. The molecule has 1 aromatic carbocycles. The molecule has 0 amide bonds. The zero-order valence-electron chi connectivity index (χ0n) is 22.7. The molecule has 3 saturated carbocycles. The van der Waals surface area contributed by atoms with Gasteiger partial charge in [-0.15, -0.1) is 0 Å². The average Bonchev–Trinajstić information content (AvgIpc) is 2.91. The first kappa shape index (κ1) is 24.3. The van der Waals surface area contributed by atoms with Crippen molar-refractivity contribution in [1.29, 1.82) is 0 Å². The fourth-order valence-corrected chi connectivity index (χ4v) is 8.93. The summed E-state index contributed by atoms with van der Waals surface area (Å²) < 4.78 is 2.02. The molecule has 8 rings (SSSR count). The molecule has 0 radical (unpaired) electrons. The second-order valence-electron chi connectivity index (χ2n) is 13.1. The first-order valence-electron chi connectivity index (χ1n) is 14.9. The zero-order valence-corrected chi connectivity index (χ0v) is 22.7. The van der Waals surface area contributed by atoms with Crippen molar-refractivity contribution in [1.82, 2.24) is 19.4 Å². The highest BCUT2D eigenvalue weighted by Crippen LogP contribution is 2.62. The summed E-state index contributed by atoms with van der Waals surface area (Å²) in [5, 5.41) is 0. The summed E-state index contributed by atoms with van der Waals surface area (Å²) in [5.41, 5.74) is 2.78. The van der Waals surface area contributed by atoms with Gasteiger partial charge in [-0.05, 0) is 99.3 Å². The van der Waals surface area contributed by atoms with E-state index in [4.69, 9.17) is 4.98 Å². The number of nitrogens with zero attached hydrogens (tertiary/aromatic N) is 3. The highest BCUT2D eigenvalue weighted by atomic mass is 16.1. The molecule has 2 aliphatic heterocycles. The van der Waals surface area contributed by atoms with E-state index in [1.165, 1.54) is 57.6 Å². The van der Waals surface area contributed by atoms with E-state index in [-0.39, 0.29) is 17.2 Å². The predicted molar refractivity (Wildman–Crippen MR) is 151 cm³/mol. The van der Waals surface area contributed by atoms with Crippen LogP contribution in [0.15, 0.2) is 52.1 Å². The third kappa shape index (κ3) is 3.90. The molecule has 6 atom stereocenters. The molecule has 3 aromatic rings. The van der Waals surface area contributed by atoms with E-state index in [9.17, 15) is 9.59 Å². The van der Waals surface area contributed by atoms with Crippen LogP contribution in [0.25, 0.3) is 22.4 Å². The quantitative estimate of drug-likeness (QED) is 0.471. The number of H-pyrrole nitrogens is 1. The molecule has 38 heavy (non-hydrogen) atoms. The van der Waals surface area contributed by atoms with Crippen molar-refractivity contribution in [2.75, 3.05) is 6.54 Å². The summed E-state index contributed by atoms with van der Waals surface area (Å²) in [6, 6.07) is 14.1. The Morgan fingerprint density at radius 1 is 0.921 bits per heavy atom. The van der Waals surface area contributed by atoms with Crippen LogP contribution in [0.2, 0.25) is 0 Å². The van der Waals surface area contributed by atoms with Crippen molar-refractivity contribution >= 4 is 11.0 Å². The van der Waals surface area contributed by atoms with Gasteiger partial charge in [0.1, 0.15) is 0 Å². The van der Waals surface area contributed by atoms with Gasteiger partial charge in [-0.3, -0.25) is 14.5 Å². The Bertz CT molecular complexity index is 1460. The molecule has 4 heterocycles. The van der Waals surface area contributed by atoms with Gasteiger partial charge in [0.25, 0.3) is 5.56 Å². The van der Waals surface area contributed by atoms with Crippen molar-refractivity contribution in [3.63, 3.8) is 0 Å². The summed E-state index contributed by atoms with van der Waals surface area (Å²) in [4.78, 5) is 36.4. The van der Waals surface area contributed by atoms with Crippen LogP contribution in [0.1, 0.15) is 77.7 Å². The maximum atomic E-state index is 14.0. The van der Waals surface area contributed by atoms with Gasteiger partial charge < -0.3 is 9.55 Å². The molecule has 1 N–H and O–H groups in total. The lowest BCUT2D eigenvalue weighted by Crippen LogP contribution is -2.55. The van der Waals surface area contributed by atoms with Gasteiger partial charge in [0.05, 0.1) is 16.7 Å². The fourth-order valence-electron chi connectivity index (χ4n) is 8.93. The van der Waals surface area contributed by atoms with E-state index in [0.29, 0.717) is 28.9 Å². The molecular formula is C32H40N4O2. The van der Waals surface area contributed by atoms with E-state index < -0.39 is 0 Å². The minimum atomic E-state index is -0.218. The average molecular weight is 513 g/mol. The Labute approximate surface area is 224 Å². The third-order valence-electron chi connectivity index (χ3n) is 11.0. The van der Waals surface area contributed by atoms with Crippen LogP contribution in [0.4, 0.5) is 0 Å². The molecule has 1 unspecified atom stereocenters. The molecule has 5 fully saturated rings. The second kappa shape index (κ2) is 9.18. The number of fused-ring (bicyclic) bond motifs is 5. The highest BCUT2D eigenvalue weighted by molar-refractivity contribution is 5.77. The van der Waals surface area contributed by atoms with Crippen LogP contribution in [0, 0.1) is 23.2 Å². The van der Waals surface area contributed by atoms with Crippen LogP contribution in [-0.4, -0.2) is 38.1 Å². The first-order chi connectivity index (χ1) is 18.4. The smallest absolute Gasteiger partial charge is 0.279 e. The van der Waals surface area contributed by atoms with Crippen LogP contribution in [0.5, 0.6) is 0 Å². The molecule has 0 spiro atoms. The summed E-state index contributed by atoms with van der Waals surface area (Å²) >= 11 is 0. The van der Waals surface area contributed by atoms with Gasteiger partial charge in [-0.2, -0.15) is 0 Å². The summed E-state index contributed by atoms with van der Waals surface area (Å²) in [6.07, 6.45) is 11.4. The monoisotopic (exact) mass is 512 g/mol. The van der Waals surface area contributed by atoms with Crippen molar-refractivity contribution in [2.45, 2.75) is 89.8 Å². The van der Waals surface area contributed by atoms with Crippen molar-refractivity contribution in [2.24, 2.45) is 23.2 Å². The third-order valence-corrected chi connectivity index (χ3v) is 11.0. The molecule has 3 aliphatic carbocycles. The van der Waals surface area contributed by atoms with Crippen LogP contribution in [0.3, 0.4) is 0 Å². The maximum absolute atomic E-state index is 14.0. The summed E-state index contributed by atoms with van der Waals surface area (Å²) in [5.74, 6) is 2.77. The van der Waals surface area contributed by atoms with Crippen LogP contribution < -0.4 is 11.1 Å². The lowest BCUT2D eigenvalue weighted by Gasteiger charge is -2.60. The van der Waals surface area contributed by atoms with Gasteiger partial charge in [-0.25, -0.2) is 4.98 Å². The Hall–Kier alpha value is -2.73. The lowest BCUT2D eigenvalue weighted by atomic mass is 9.45. The van der Waals surface area contributed by atoms with E-state index in [1.807, 2.05) is 28.8 Å². The Kier molecular flexibility index (Phi) is 5.88. The minimum absolute atomic E-state index is 0.0916. The van der Waals surface area contributed by atoms with Crippen molar-refractivity contribution < 1.29 is 0 Å². The van der Waals surface area contributed by atoms with Crippen molar-refractivity contribution in [3.8, 4) is 11.4 Å². The Morgan fingerprint density at radius 3 is 2.45 bits per heavy atom. The van der Waals surface area contributed by atoms with E-state index >= 15 is 0 Å². The number of benzene rings is 1. The van der Waals surface area contributed by atoms with Gasteiger partial charge in [0, 0.05) is 24.2 Å². The van der Waals surface area contributed by atoms with Gasteiger partial charge in [0.2, 0.25) is 5.56 Å². The van der Waals surface area contributed by atoms with E-state index in [2.05, 4.69) is 23.7 Å². The molecule has 6 heteroatoms. The molecule has 4 bridgehead atoms. The van der Waals surface area contributed by atoms with Crippen LogP contribution >= 0.6 is 0 Å². The van der Waals surface area contributed by atoms with Gasteiger partial charge in [-0.1, -0.05) is 38.5 Å². The number of para-hydroxylation sites is 2. The molecule has 200 valence electrons. The molecule has 5 aliphatic rings. The number of aromatic amines is 1. The normalized spacial score (nSPS) is 32.2. The first-order valence-corrected chi connectivity index (χ1v) is 14.9. The maximum Gasteiger partial charge on any atom is 0.279 e. The Balaban J connectivity index is 1.18. The van der Waals surface area contributed by atoms with Gasteiger partial charge >= 0.3 is 0 Å². The number of hydrogen-bond acceptors (Lipinski definition) is 4. The van der Waals surface area contributed by atoms with E-state index in [1.54, 1.807) is 12.1 Å². The largest absolute Gasteiger partial charge is 0.320 e. The standard InChI is InChI=1S/C32H40N4O2/c1-32(2)21-14-13-20(25(32)17-21)15-16-35-22-7-5-8-23(35)19-24(18-22)36-28-11-4-3-9-26(28)34-30(31(36)38)27-10-6-12-29(37)33-27/h3-4,6,9-12,20-25H,5,7-8,13-19H2,1-2H3,(H,33,37)/t20-,21-,22-,23+,24?,25+/m0/s1. The van der Waals surface area contributed by atoms with Crippen LogP contribution in [-0.2, 0) is 0 Å². The van der Waals surface area contributed by atoms with Gasteiger partial charge in [0.15, 0.2) is 5.69 Å².